The number of rotatable bonds is 8. The fraction of sp³-hybridized carbons (Fsp3) is 0.258. The SMILES string of the molecule is O=C(OCC(F)(F)F)c1cn(C2CN(C(c3ccccc3)(c3ccccc3)c3ccccc3)CC(CO)O2)c(=O)[nH]c1=O. The van der Waals surface area contributed by atoms with Crippen LogP contribution in [0, 0.1) is 0 Å². The summed E-state index contributed by atoms with van der Waals surface area (Å²) in [5.41, 5.74) is -1.26. The predicted octanol–water partition coefficient (Wildman–Crippen LogP) is 3.44. The zero-order chi connectivity index (χ0) is 30.6. The van der Waals surface area contributed by atoms with Crippen LogP contribution in [0.15, 0.2) is 107 Å². The number of aliphatic hydroxyl groups excluding tert-OH is 1. The number of carbonyl (C=O) groups is 1. The Morgan fingerprint density at radius 3 is 1.86 bits per heavy atom. The first-order valence-corrected chi connectivity index (χ1v) is 13.4. The second-order valence-electron chi connectivity index (χ2n) is 10.0. The van der Waals surface area contributed by atoms with Crippen molar-refractivity contribution in [3.05, 3.63) is 140 Å². The summed E-state index contributed by atoms with van der Waals surface area (Å²) in [6, 6.07) is 28.9. The lowest BCUT2D eigenvalue weighted by Crippen LogP contribution is -2.58. The van der Waals surface area contributed by atoms with E-state index in [0.29, 0.717) is 0 Å². The summed E-state index contributed by atoms with van der Waals surface area (Å²) in [4.78, 5) is 41.8. The summed E-state index contributed by atoms with van der Waals surface area (Å²) in [6.45, 7) is -2.11. The van der Waals surface area contributed by atoms with Crippen molar-refractivity contribution < 1.29 is 32.5 Å². The van der Waals surface area contributed by atoms with E-state index in [2.05, 4.69) is 4.74 Å². The van der Waals surface area contributed by atoms with Gasteiger partial charge >= 0.3 is 17.8 Å². The number of nitrogens with one attached hydrogen (secondary N) is 1. The average Bonchev–Trinajstić information content (AvgIpc) is 3.01. The lowest BCUT2D eigenvalue weighted by molar-refractivity contribution is -0.161. The average molecular weight is 596 g/mol. The highest BCUT2D eigenvalue weighted by molar-refractivity contribution is 5.88. The first-order chi connectivity index (χ1) is 20.6. The van der Waals surface area contributed by atoms with Crippen LogP contribution in [0.5, 0.6) is 0 Å². The zero-order valence-corrected chi connectivity index (χ0v) is 22.7. The molecule has 1 fully saturated rings. The molecule has 9 nitrogen and oxygen atoms in total. The Kier molecular flexibility index (Phi) is 8.62. The van der Waals surface area contributed by atoms with Crippen LogP contribution in [0.25, 0.3) is 0 Å². The molecule has 2 heterocycles. The molecular weight excluding hydrogens is 567 g/mol. The number of aromatic amines is 1. The van der Waals surface area contributed by atoms with Gasteiger partial charge in [-0.3, -0.25) is 19.2 Å². The molecule has 0 spiro atoms. The molecule has 12 heteroatoms. The molecule has 0 amide bonds. The van der Waals surface area contributed by atoms with Crippen molar-refractivity contribution in [1.29, 1.82) is 0 Å². The van der Waals surface area contributed by atoms with Gasteiger partial charge in [0.25, 0.3) is 5.56 Å². The van der Waals surface area contributed by atoms with Crippen LogP contribution in [0.2, 0.25) is 0 Å². The molecule has 0 aliphatic carbocycles. The minimum atomic E-state index is -4.81. The Hall–Kier alpha value is -4.52. The molecule has 2 N–H and O–H groups in total. The van der Waals surface area contributed by atoms with Gasteiger partial charge in [0.2, 0.25) is 0 Å². The fourth-order valence-corrected chi connectivity index (χ4v) is 5.50. The quantitative estimate of drug-likeness (QED) is 0.237. The molecule has 224 valence electrons. The number of benzene rings is 3. The molecule has 1 aromatic heterocycles. The molecule has 4 aromatic rings. The van der Waals surface area contributed by atoms with Crippen LogP contribution in [-0.2, 0) is 15.0 Å². The first-order valence-electron chi connectivity index (χ1n) is 13.4. The molecule has 3 aromatic carbocycles. The number of nitrogens with zero attached hydrogens (tertiary/aromatic N) is 2. The van der Waals surface area contributed by atoms with E-state index in [9.17, 15) is 32.7 Å². The summed E-state index contributed by atoms with van der Waals surface area (Å²) in [7, 11) is 0. The third kappa shape index (κ3) is 6.17. The van der Waals surface area contributed by atoms with Crippen molar-refractivity contribution in [2.75, 3.05) is 26.3 Å². The monoisotopic (exact) mass is 595 g/mol. The highest BCUT2D eigenvalue weighted by Gasteiger charge is 2.46. The minimum Gasteiger partial charge on any atom is -0.452 e. The van der Waals surface area contributed by atoms with E-state index in [0.717, 1.165) is 27.5 Å². The molecule has 0 radical (unpaired) electrons. The Balaban J connectivity index is 1.65. The van der Waals surface area contributed by atoms with Crippen LogP contribution in [0.4, 0.5) is 13.2 Å². The summed E-state index contributed by atoms with van der Waals surface area (Å²) >= 11 is 0. The highest BCUT2D eigenvalue weighted by atomic mass is 19.4. The van der Waals surface area contributed by atoms with Crippen LogP contribution in [0.3, 0.4) is 0 Å². The van der Waals surface area contributed by atoms with Gasteiger partial charge in [0, 0.05) is 19.3 Å². The van der Waals surface area contributed by atoms with Crippen LogP contribution >= 0.6 is 0 Å². The maximum Gasteiger partial charge on any atom is 0.422 e. The summed E-state index contributed by atoms with van der Waals surface area (Å²) < 4.78 is 49.2. The predicted molar refractivity (Wildman–Crippen MR) is 149 cm³/mol. The maximum atomic E-state index is 13.0. The lowest BCUT2D eigenvalue weighted by Gasteiger charge is -2.50. The molecule has 43 heavy (non-hydrogen) atoms. The summed E-state index contributed by atoms with van der Waals surface area (Å²) in [6.07, 6.45) is -5.97. The Morgan fingerprint density at radius 1 is 0.884 bits per heavy atom. The van der Waals surface area contributed by atoms with Gasteiger partial charge in [-0.25, -0.2) is 9.59 Å². The Morgan fingerprint density at radius 2 is 1.40 bits per heavy atom. The number of carbonyl (C=O) groups excluding carboxylic acids is 1. The molecular formula is C31H28F3N3O6. The van der Waals surface area contributed by atoms with Gasteiger partial charge in [-0.1, -0.05) is 91.0 Å². The van der Waals surface area contributed by atoms with Crippen molar-refractivity contribution in [3.63, 3.8) is 0 Å². The largest absolute Gasteiger partial charge is 0.452 e. The minimum absolute atomic E-state index is 0.0121. The zero-order valence-electron chi connectivity index (χ0n) is 22.7. The van der Waals surface area contributed by atoms with E-state index < -0.39 is 60.0 Å². The number of morpholine rings is 1. The van der Waals surface area contributed by atoms with E-state index in [1.54, 1.807) is 0 Å². The van der Waals surface area contributed by atoms with E-state index in [1.165, 1.54) is 0 Å². The number of alkyl halides is 3. The standard InChI is InChI=1S/C31H28F3N3O6/c32-30(33,34)20-42-28(40)25-17-37(29(41)35-27(25)39)26-18-36(16-24(19-38)43-26)31(21-10-4-1-5-11-21,22-12-6-2-7-13-22)23-14-8-3-9-15-23/h1-15,17,24,26,38H,16,18-20H2,(H,35,39,41). The van der Waals surface area contributed by atoms with Crippen molar-refractivity contribution in [2.45, 2.75) is 24.0 Å². The van der Waals surface area contributed by atoms with Gasteiger partial charge in [0.05, 0.1) is 18.2 Å². The summed E-state index contributed by atoms with van der Waals surface area (Å²) in [5, 5.41) is 10.3. The molecule has 2 unspecified atom stereocenters. The van der Waals surface area contributed by atoms with Crippen molar-refractivity contribution in [2.24, 2.45) is 0 Å². The number of H-pyrrole nitrogens is 1. The number of aromatic nitrogens is 2. The van der Waals surface area contributed by atoms with Gasteiger partial charge in [-0.05, 0) is 16.7 Å². The number of halogens is 3. The van der Waals surface area contributed by atoms with Crippen LogP contribution in [0.1, 0.15) is 33.3 Å². The van der Waals surface area contributed by atoms with Crippen molar-refractivity contribution in [3.8, 4) is 0 Å². The Bertz CT molecular complexity index is 1560. The molecule has 0 saturated carbocycles. The van der Waals surface area contributed by atoms with Gasteiger partial charge in [0.1, 0.15) is 5.56 Å². The molecule has 1 aliphatic heterocycles. The molecule has 0 bridgehead atoms. The van der Waals surface area contributed by atoms with Crippen LogP contribution < -0.4 is 11.2 Å². The topological polar surface area (TPSA) is 114 Å². The molecule has 1 saturated heterocycles. The first kappa shape index (κ1) is 30.0. The Labute approximate surface area is 243 Å². The summed E-state index contributed by atoms with van der Waals surface area (Å²) in [5.74, 6) is -1.55. The van der Waals surface area contributed by atoms with Crippen molar-refractivity contribution in [1.82, 2.24) is 14.5 Å². The lowest BCUT2D eigenvalue weighted by atomic mass is 9.75. The highest BCUT2D eigenvalue weighted by Crippen LogP contribution is 2.44. The normalized spacial score (nSPS) is 17.9. The van der Waals surface area contributed by atoms with Gasteiger partial charge in [0.15, 0.2) is 12.8 Å². The van der Waals surface area contributed by atoms with Crippen LogP contribution in [-0.4, -0.2) is 64.1 Å². The molecule has 1 aliphatic rings. The number of aliphatic hydroxyl groups is 1. The molecule has 5 rings (SSSR count). The smallest absolute Gasteiger partial charge is 0.422 e. The maximum absolute atomic E-state index is 13.0. The van der Waals surface area contributed by atoms with Gasteiger partial charge < -0.3 is 14.6 Å². The fourth-order valence-electron chi connectivity index (χ4n) is 5.50. The molecule has 2 atom stereocenters. The second-order valence-corrected chi connectivity index (χ2v) is 10.0. The van der Waals surface area contributed by atoms with Crippen molar-refractivity contribution >= 4 is 5.97 Å². The van der Waals surface area contributed by atoms with E-state index in [1.807, 2.05) is 101 Å². The van der Waals surface area contributed by atoms with E-state index >= 15 is 0 Å². The van der Waals surface area contributed by atoms with E-state index in [-0.39, 0.29) is 13.1 Å². The van der Waals surface area contributed by atoms with E-state index in [4.69, 9.17) is 4.74 Å². The number of hydrogen-bond acceptors (Lipinski definition) is 7. The third-order valence-corrected chi connectivity index (χ3v) is 7.27. The van der Waals surface area contributed by atoms with Gasteiger partial charge in [-0.2, -0.15) is 13.2 Å². The number of hydrogen-bond donors (Lipinski definition) is 2. The van der Waals surface area contributed by atoms with Gasteiger partial charge in [-0.15, -0.1) is 0 Å². The second kappa shape index (κ2) is 12.4. The number of ether oxygens (including phenoxy) is 2. The third-order valence-electron chi connectivity index (χ3n) is 7.27. The number of esters is 1.